The van der Waals surface area contributed by atoms with E-state index < -0.39 is 15.0 Å². The molecule has 0 aliphatic carbocycles. The van der Waals surface area contributed by atoms with Gasteiger partial charge in [-0.2, -0.15) is 13.1 Å². The van der Waals surface area contributed by atoms with Crippen LogP contribution in [0.3, 0.4) is 0 Å². The Morgan fingerprint density at radius 1 is 1.50 bits per heavy atom. The van der Waals surface area contributed by atoms with Crippen LogP contribution in [0.4, 0.5) is 0 Å². The Balaban J connectivity index is 3.33. The first-order chi connectivity index (χ1) is 5.41. The van der Waals surface area contributed by atoms with Crippen molar-refractivity contribution >= 4 is 26.0 Å². The highest BCUT2D eigenvalue weighted by Crippen LogP contribution is 2.08. The van der Waals surface area contributed by atoms with Gasteiger partial charge in [0.25, 0.3) is 4.60 Å². The predicted octanol–water partition coefficient (Wildman–Crippen LogP) is 0.329. The van der Waals surface area contributed by atoms with Crippen molar-refractivity contribution in [2.24, 2.45) is 0 Å². The van der Waals surface area contributed by atoms with Crippen molar-refractivity contribution in [1.82, 2.24) is 0 Å². The van der Waals surface area contributed by atoms with Gasteiger partial charge in [-0.05, 0) is 6.07 Å². The zero-order chi connectivity index (χ0) is 9.35. The highest BCUT2D eigenvalue weighted by molar-refractivity contribution is 9.10. The number of pyridine rings is 1. The highest BCUT2D eigenvalue weighted by atomic mass is 79.9. The lowest BCUT2D eigenvalue weighted by Gasteiger charge is -1.99. The minimum atomic E-state index is -4.28. The first-order valence-corrected chi connectivity index (χ1v) is 5.01. The highest BCUT2D eigenvalue weighted by Gasteiger charge is 2.13. The van der Waals surface area contributed by atoms with E-state index in [0.29, 0.717) is 4.73 Å². The van der Waals surface area contributed by atoms with Gasteiger partial charge in [-0.25, -0.2) is 0 Å². The van der Waals surface area contributed by atoms with Crippen molar-refractivity contribution in [3.63, 3.8) is 0 Å². The quantitative estimate of drug-likeness (QED) is 0.339. The molecule has 0 atom stereocenters. The summed E-state index contributed by atoms with van der Waals surface area (Å²) in [6.07, 6.45) is 0.763. The van der Waals surface area contributed by atoms with Crippen molar-refractivity contribution in [2.75, 3.05) is 0 Å². The minimum Gasteiger partial charge on any atom is -0.618 e. The maximum atomic E-state index is 10.8. The molecule has 12 heavy (non-hydrogen) atoms. The van der Waals surface area contributed by atoms with E-state index in [4.69, 9.17) is 4.55 Å². The number of halogens is 1. The Morgan fingerprint density at radius 3 is 2.50 bits per heavy atom. The number of nitrogens with zero attached hydrogens (tertiary/aromatic N) is 1. The largest absolute Gasteiger partial charge is 0.618 e. The van der Waals surface area contributed by atoms with Crippen LogP contribution in [0.1, 0.15) is 0 Å². The summed E-state index contributed by atoms with van der Waals surface area (Å²) in [7, 11) is -4.28. The van der Waals surface area contributed by atoms with E-state index in [0.717, 1.165) is 12.3 Å². The second kappa shape index (κ2) is 3.00. The van der Waals surface area contributed by atoms with Crippen molar-refractivity contribution in [3.8, 4) is 0 Å². The molecule has 1 aromatic rings. The average molecular weight is 254 g/mol. The molecule has 0 aliphatic heterocycles. The van der Waals surface area contributed by atoms with Gasteiger partial charge >= 0.3 is 10.1 Å². The van der Waals surface area contributed by atoms with Crippen molar-refractivity contribution in [1.29, 1.82) is 0 Å². The SMILES string of the molecule is O=S(=O)(O)c1ccc(Br)[n+]([O-])c1. The summed E-state index contributed by atoms with van der Waals surface area (Å²) in [6.45, 7) is 0. The van der Waals surface area contributed by atoms with Gasteiger partial charge in [0, 0.05) is 22.0 Å². The van der Waals surface area contributed by atoms with Crippen LogP contribution in [0.15, 0.2) is 27.8 Å². The van der Waals surface area contributed by atoms with Crippen molar-refractivity contribution < 1.29 is 17.7 Å². The molecule has 0 radical (unpaired) electrons. The summed E-state index contributed by atoms with van der Waals surface area (Å²) >= 11 is 2.87. The minimum absolute atomic E-state index is 0.176. The Morgan fingerprint density at radius 2 is 2.08 bits per heavy atom. The van der Waals surface area contributed by atoms with E-state index in [1.54, 1.807) is 0 Å². The number of rotatable bonds is 1. The normalized spacial score (nSPS) is 11.5. The molecule has 0 saturated heterocycles. The number of hydrogen-bond donors (Lipinski definition) is 1. The summed E-state index contributed by atoms with van der Waals surface area (Å²) < 4.78 is 29.9. The fourth-order valence-electron chi connectivity index (χ4n) is 0.597. The molecule has 0 aromatic carbocycles. The third-order valence-electron chi connectivity index (χ3n) is 1.14. The summed E-state index contributed by atoms with van der Waals surface area (Å²) in [6, 6.07) is 2.35. The van der Waals surface area contributed by atoms with Crippen LogP contribution in [-0.2, 0) is 10.1 Å². The lowest BCUT2D eigenvalue weighted by Crippen LogP contribution is -2.28. The Hall–Kier alpha value is -0.660. The molecule has 0 unspecified atom stereocenters. The van der Waals surface area contributed by atoms with Crippen LogP contribution in [0.5, 0.6) is 0 Å². The molecule has 7 heteroatoms. The maximum Gasteiger partial charge on any atom is 0.300 e. The number of hydrogen-bond acceptors (Lipinski definition) is 3. The summed E-state index contributed by atoms with van der Waals surface area (Å²) in [5.74, 6) is 0. The van der Waals surface area contributed by atoms with E-state index in [2.05, 4.69) is 15.9 Å². The Labute approximate surface area is 77.1 Å². The molecular formula is C5H4BrNO4S. The first kappa shape index (κ1) is 9.43. The van der Waals surface area contributed by atoms with Gasteiger partial charge in [-0.15, -0.1) is 0 Å². The fourth-order valence-corrected chi connectivity index (χ4v) is 1.30. The van der Waals surface area contributed by atoms with Crippen molar-refractivity contribution in [3.05, 3.63) is 28.1 Å². The van der Waals surface area contributed by atoms with E-state index in [1.807, 2.05) is 0 Å². The second-order valence-corrected chi connectivity index (χ2v) is 4.22. The smallest absolute Gasteiger partial charge is 0.300 e. The molecule has 5 nitrogen and oxygen atoms in total. The standard InChI is InChI=1S/C5H4BrNO4S/c6-5-2-1-4(3-7(5)8)12(9,10)11/h1-3H,(H,9,10,11). The molecule has 66 valence electrons. The van der Waals surface area contributed by atoms with Crippen LogP contribution < -0.4 is 4.73 Å². The average Bonchev–Trinajstić information content (AvgIpc) is 1.92. The first-order valence-electron chi connectivity index (χ1n) is 2.77. The predicted molar refractivity (Wildman–Crippen MR) is 42.9 cm³/mol. The summed E-state index contributed by atoms with van der Waals surface area (Å²) in [4.78, 5) is -0.430. The van der Waals surface area contributed by atoms with Crippen LogP contribution in [0.2, 0.25) is 0 Å². The van der Waals surface area contributed by atoms with Gasteiger partial charge < -0.3 is 5.21 Å². The third kappa shape index (κ3) is 1.93. The van der Waals surface area contributed by atoms with Crippen LogP contribution in [-0.4, -0.2) is 13.0 Å². The zero-order valence-electron chi connectivity index (χ0n) is 5.64. The maximum absolute atomic E-state index is 10.8. The van der Waals surface area contributed by atoms with Crippen LogP contribution >= 0.6 is 15.9 Å². The van der Waals surface area contributed by atoms with E-state index in [1.165, 1.54) is 6.07 Å². The monoisotopic (exact) mass is 253 g/mol. The molecule has 0 bridgehead atoms. The van der Waals surface area contributed by atoms with Gasteiger partial charge in [0.2, 0.25) is 6.20 Å². The molecule has 1 rings (SSSR count). The topological polar surface area (TPSA) is 81.3 Å². The molecule has 1 N–H and O–H groups in total. The van der Waals surface area contributed by atoms with Gasteiger partial charge in [0.1, 0.15) is 0 Å². The lowest BCUT2D eigenvalue weighted by atomic mass is 10.5. The van der Waals surface area contributed by atoms with Crippen LogP contribution in [0.25, 0.3) is 0 Å². The molecule has 0 amide bonds. The van der Waals surface area contributed by atoms with Crippen LogP contribution in [0, 0.1) is 5.21 Å². The Bertz CT molecular complexity index is 402. The van der Waals surface area contributed by atoms with E-state index >= 15 is 0 Å². The summed E-state index contributed by atoms with van der Waals surface area (Å²) in [5.41, 5.74) is 0. The van der Waals surface area contributed by atoms with Gasteiger partial charge in [-0.1, -0.05) is 0 Å². The molecule has 0 spiro atoms. The lowest BCUT2D eigenvalue weighted by molar-refractivity contribution is -0.619. The molecule has 0 saturated carbocycles. The zero-order valence-corrected chi connectivity index (χ0v) is 8.04. The number of aromatic nitrogens is 1. The Kier molecular flexibility index (Phi) is 2.36. The summed E-state index contributed by atoms with van der Waals surface area (Å²) in [5, 5.41) is 10.8. The van der Waals surface area contributed by atoms with E-state index in [-0.39, 0.29) is 4.60 Å². The molecular weight excluding hydrogens is 250 g/mol. The fraction of sp³-hybridized carbons (Fsp3) is 0. The molecule has 1 heterocycles. The molecule has 0 aliphatic rings. The van der Waals surface area contributed by atoms with Gasteiger partial charge in [0.15, 0.2) is 4.90 Å². The molecule has 0 fully saturated rings. The second-order valence-electron chi connectivity index (χ2n) is 1.99. The van der Waals surface area contributed by atoms with E-state index in [9.17, 15) is 13.6 Å². The third-order valence-corrected chi connectivity index (χ3v) is 2.59. The van der Waals surface area contributed by atoms with Gasteiger partial charge in [-0.3, -0.25) is 4.55 Å². The van der Waals surface area contributed by atoms with Crippen molar-refractivity contribution in [2.45, 2.75) is 4.90 Å². The van der Waals surface area contributed by atoms with Gasteiger partial charge in [0.05, 0.1) is 0 Å². The molecule has 1 aromatic heterocycles.